The SMILES string of the molecule is CCCCc1ccc(C)c(C(=O)Nc2ccc3sc(CO)nc3c2)c1C. The zero-order valence-corrected chi connectivity index (χ0v) is 16.2. The van der Waals surface area contributed by atoms with Crippen LogP contribution in [0.2, 0.25) is 0 Å². The highest BCUT2D eigenvalue weighted by Crippen LogP contribution is 2.26. The quantitative estimate of drug-likeness (QED) is 0.643. The molecule has 2 N–H and O–H groups in total. The lowest BCUT2D eigenvalue weighted by atomic mass is 9.94. The fourth-order valence-electron chi connectivity index (χ4n) is 3.19. The third kappa shape index (κ3) is 3.79. The maximum Gasteiger partial charge on any atom is 0.256 e. The smallest absolute Gasteiger partial charge is 0.256 e. The Morgan fingerprint density at radius 3 is 2.77 bits per heavy atom. The monoisotopic (exact) mass is 368 g/mol. The highest BCUT2D eigenvalue weighted by Gasteiger charge is 2.15. The number of benzene rings is 2. The normalized spacial score (nSPS) is 11.1. The van der Waals surface area contributed by atoms with Gasteiger partial charge in [-0.25, -0.2) is 4.98 Å². The number of carbonyl (C=O) groups excluding carboxylic acids is 1. The summed E-state index contributed by atoms with van der Waals surface area (Å²) in [6, 6.07) is 9.83. The molecule has 0 atom stereocenters. The Morgan fingerprint density at radius 1 is 1.23 bits per heavy atom. The first kappa shape index (κ1) is 18.5. The van der Waals surface area contributed by atoms with Crippen LogP contribution in [0.4, 0.5) is 5.69 Å². The van der Waals surface area contributed by atoms with Crippen LogP contribution in [-0.2, 0) is 13.0 Å². The summed E-state index contributed by atoms with van der Waals surface area (Å²) >= 11 is 1.46. The van der Waals surface area contributed by atoms with Gasteiger partial charge < -0.3 is 10.4 Å². The minimum atomic E-state index is -0.0877. The summed E-state index contributed by atoms with van der Waals surface area (Å²) in [5.41, 5.74) is 5.56. The Morgan fingerprint density at radius 2 is 2.04 bits per heavy atom. The number of nitrogens with one attached hydrogen (secondary N) is 1. The molecule has 0 aliphatic carbocycles. The number of aryl methyl sites for hydroxylation is 2. The molecule has 0 saturated carbocycles. The van der Waals surface area contributed by atoms with Crippen LogP contribution in [0, 0.1) is 13.8 Å². The third-order valence-electron chi connectivity index (χ3n) is 4.64. The summed E-state index contributed by atoms with van der Waals surface area (Å²) in [6.07, 6.45) is 3.26. The highest BCUT2D eigenvalue weighted by atomic mass is 32.1. The van der Waals surface area contributed by atoms with E-state index in [9.17, 15) is 9.90 Å². The molecule has 5 heteroatoms. The van der Waals surface area contributed by atoms with Gasteiger partial charge in [0.2, 0.25) is 0 Å². The molecule has 4 nitrogen and oxygen atoms in total. The molecule has 1 amide bonds. The van der Waals surface area contributed by atoms with Gasteiger partial charge in [-0.3, -0.25) is 4.79 Å². The van der Waals surface area contributed by atoms with Crippen molar-refractivity contribution in [3.63, 3.8) is 0 Å². The van der Waals surface area contributed by atoms with Crippen LogP contribution >= 0.6 is 11.3 Å². The molecule has 0 saturated heterocycles. The van der Waals surface area contributed by atoms with Gasteiger partial charge in [0.25, 0.3) is 5.91 Å². The maximum absolute atomic E-state index is 12.9. The summed E-state index contributed by atoms with van der Waals surface area (Å²) in [4.78, 5) is 17.3. The van der Waals surface area contributed by atoms with Crippen molar-refractivity contribution in [2.75, 3.05) is 5.32 Å². The molecule has 0 radical (unpaired) electrons. The fraction of sp³-hybridized carbons (Fsp3) is 0.333. The van der Waals surface area contributed by atoms with Crippen molar-refractivity contribution in [1.82, 2.24) is 4.98 Å². The number of unbranched alkanes of at least 4 members (excludes halogenated alkanes) is 1. The van der Waals surface area contributed by atoms with Gasteiger partial charge in [0.05, 0.1) is 16.8 Å². The first-order valence-electron chi connectivity index (χ1n) is 8.94. The molecular weight excluding hydrogens is 344 g/mol. The van der Waals surface area contributed by atoms with Gasteiger partial charge in [-0.05, 0) is 61.6 Å². The zero-order chi connectivity index (χ0) is 18.7. The summed E-state index contributed by atoms with van der Waals surface area (Å²) < 4.78 is 1.00. The Balaban J connectivity index is 1.87. The third-order valence-corrected chi connectivity index (χ3v) is 5.66. The number of aromatic nitrogens is 1. The zero-order valence-electron chi connectivity index (χ0n) is 15.4. The number of fused-ring (bicyclic) bond motifs is 1. The molecule has 136 valence electrons. The van der Waals surface area contributed by atoms with Crippen molar-refractivity contribution in [2.45, 2.75) is 46.6 Å². The predicted molar refractivity (Wildman–Crippen MR) is 108 cm³/mol. The van der Waals surface area contributed by atoms with E-state index in [4.69, 9.17) is 0 Å². The summed E-state index contributed by atoms with van der Waals surface area (Å²) in [5.74, 6) is -0.0877. The van der Waals surface area contributed by atoms with Crippen molar-refractivity contribution in [2.24, 2.45) is 0 Å². The second-order valence-electron chi connectivity index (χ2n) is 6.55. The lowest BCUT2D eigenvalue weighted by molar-refractivity contribution is 0.102. The molecule has 0 aliphatic rings. The van der Waals surface area contributed by atoms with E-state index in [0.29, 0.717) is 5.01 Å². The molecule has 3 rings (SSSR count). The molecule has 0 bridgehead atoms. The van der Waals surface area contributed by atoms with Crippen LogP contribution in [0.3, 0.4) is 0 Å². The number of aliphatic hydroxyl groups is 1. The van der Waals surface area contributed by atoms with E-state index in [0.717, 1.165) is 51.9 Å². The fourth-order valence-corrected chi connectivity index (χ4v) is 4.00. The van der Waals surface area contributed by atoms with Crippen LogP contribution in [0.15, 0.2) is 30.3 Å². The molecular formula is C21H24N2O2S. The van der Waals surface area contributed by atoms with Gasteiger partial charge >= 0.3 is 0 Å². The number of hydrogen-bond donors (Lipinski definition) is 2. The van der Waals surface area contributed by atoms with E-state index in [2.05, 4.69) is 23.3 Å². The van der Waals surface area contributed by atoms with E-state index in [1.54, 1.807) is 0 Å². The highest BCUT2D eigenvalue weighted by molar-refractivity contribution is 7.18. The number of hydrogen-bond acceptors (Lipinski definition) is 4. The van der Waals surface area contributed by atoms with Crippen molar-refractivity contribution in [3.05, 3.63) is 57.6 Å². The van der Waals surface area contributed by atoms with Crippen molar-refractivity contribution in [1.29, 1.82) is 0 Å². The first-order valence-corrected chi connectivity index (χ1v) is 9.76. The largest absolute Gasteiger partial charge is 0.389 e. The second-order valence-corrected chi connectivity index (χ2v) is 7.66. The van der Waals surface area contributed by atoms with Crippen LogP contribution in [0.25, 0.3) is 10.2 Å². The van der Waals surface area contributed by atoms with Crippen molar-refractivity contribution < 1.29 is 9.90 Å². The number of amides is 1. The molecule has 2 aromatic carbocycles. The molecule has 0 unspecified atom stereocenters. The molecule has 0 spiro atoms. The van der Waals surface area contributed by atoms with Crippen molar-refractivity contribution in [3.8, 4) is 0 Å². The van der Waals surface area contributed by atoms with Gasteiger partial charge in [-0.15, -0.1) is 11.3 Å². The van der Waals surface area contributed by atoms with E-state index in [-0.39, 0.29) is 12.5 Å². The Labute approximate surface area is 157 Å². The van der Waals surface area contributed by atoms with Crippen LogP contribution in [0.1, 0.15) is 51.8 Å². The molecule has 1 aromatic heterocycles. The number of anilines is 1. The van der Waals surface area contributed by atoms with Gasteiger partial charge in [-0.2, -0.15) is 0 Å². The molecule has 0 aliphatic heterocycles. The van der Waals surface area contributed by atoms with E-state index >= 15 is 0 Å². The number of nitrogens with zero attached hydrogens (tertiary/aromatic N) is 1. The Bertz CT molecular complexity index is 947. The summed E-state index contributed by atoms with van der Waals surface area (Å²) in [7, 11) is 0. The number of aliphatic hydroxyl groups excluding tert-OH is 1. The minimum absolute atomic E-state index is 0.0655. The van der Waals surface area contributed by atoms with Crippen molar-refractivity contribution >= 4 is 33.1 Å². The lowest BCUT2D eigenvalue weighted by Gasteiger charge is -2.14. The minimum Gasteiger partial charge on any atom is -0.389 e. The molecule has 1 heterocycles. The van der Waals surface area contributed by atoms with Crippen LogP contribution in [-0.4, -0.2) is 16.0 Å². The molecule has 0 fully saturated rings. The second kappa shape index (κ2) is 7.98. The average Bonchev–Trinajstić information content (AvgIpc) is 3.03. The molecule has 26 heavy (non-hydrogen) atoms. The average molecular weight is 369 g/mol. The van der Waals surface area contributed by atoms with E-state index in [1.807, 2.05) is 38.1 Å². The summed E-state index contributed by atoms with van der Waals surface area (Å²) in [5, 5.41) is 12.9. The van der Waals surface area contributed by atoms with E-state index < -0.39 is 0 Å². The standard InChI is InChI=1S/C21H24N2O2S/c1-4-5-6-15-8-7-13(2)20(14(15)3)21(25)22-16-9-10-18-17(11-16)23-19(12-24)26-18/h7-11,24H,4-6,12H2,1-3H3,(H,22,25). The van der Waals surface area contributed by atoms with Gasteiger partial charge in [0.15, 0.2) is 0 Å². The van der Waals surface area contributed by atoms with Gasteiger partial charge in [0, 0.05) is 11.3 Å². The number of carbonyl (C=O) groups is 1. The lowest BCUT2D eigenvalue weighted by Crippen LogP contribution is -2.16. The first-order chi connectivity index (χ1) is 12.5. The van der Waals surface area contributed by atoms with Gasteiger partial charge in [0.1, 0.15) is 5.01 Å². The predicted octanol–water partition coefficient (Wildman–Crippen LogP) is 5.00. The Kier molecular flexibility index (Phi) is 5.69. The van der Waals surface area contributed by atoms with Crippen LogP contribution < -0.4 is 5.32 Å². The maximum atomic E-state index is 12.9. The van der Waals surface area contributed by atoms with E-state index in [1.165, 1.54) is 16.9 Å². The summed E-state index contributed by atoms with van der Waals surface area (Å²) in [6.45, 7) is 6.12. The topological polar surface area (TPSA) is 62.2 Å². The number of thiazole rings is 1. The Hall–Kier alpha value is -2.24. The number of rotatable bonds is 6. The van der Waals surface area contributed by atoms with Gasteiger partial charge in [-0.1, -0.05) is 25.5 Å². The van der Waals surface area contributed by atoms with Crippen LogP contribution in [0.5, 0.6) is 0 Å². The molecule has 3 aromatic rings.